The number of anilines is 1. The van der Waals surface area contributed by atoms with E-state index in [-0.39, 0.29) is 11.8 Å². The molecule has 0 radical (unpaired) electrons. The van der Waals surface area contributed by atoms with Gasteiger partial charge >= 0.3 is 0 Å². The number of nitrogens with one attached hydrogen (secondary N) is 1. The molecule has 0 aliphatic rings. The van der Waals surface area contributed by atoms with Crippen LogP contribution in [0.2, 0.25) is 0 Å². The first kappa shape index (κ1) is 19.0. The molecule has 0 aromatic heterocycles. The smallest absolute Gasteiger partial charge is 0.251 e. The number of hydrogen-bond acceptors (Lipinski definition) is 3. The van der Waals surface area contributed by atoms with Crippen LogP contribution in [0.1, 0.15) is 44.5 Å². The summed E-state index contributed by atoms with van der Waals surface area (Å²) in [5.74, 6) is -0.0596. The maximum Gasteiger partial charge on any atom is 0.251 e. The lowest BCUT2D eigenvalue weighted by molar-refractivity contribution is -0.130. The van der Waals surface area contributed by atoms with Crippen molar-refractivity contribution < 1.29 is 9.59 Å². The fourth-order valence-electron chi connectivity index (χ4n) is 2.53. The van der Waals surface area contributed by atoms with E-state index >= 15 is 0 Å². The highest BCUT2D eigenvalue weighted by Gasteiger charge is 2.11. The zero-order chi connectivity index (χ0) is 17.2. The van der Waals surface area contributed by atoms with Crippen molar-refractivity contribution >= 4 is 17.5 Å². The van der Waals surface area contributed by atoms with Crippen LogP contribution in [0.15, 0.2) is 24.3 Å². The van der Waals surface area contributed by atoms with Crippen molar-refractivity contribution in [1.82, 2.24) is 10.2 Å². The summed E-state index contributed by atoms with van der Waals surface area (Å²) in [6, 6.07) is 7.58. The SMILES string of the molecule is CCN(CC)C(=O)CCNC(=O)c1ccc(N(CC)CC)cc1. The van der Waals surface area contributed by atoms with E-state index in [9.17, 15) is 9.59 Å². The molecule has 1 N–H and O–H groups in total. The summed E-state index contributed by atoms with van der Waals surface area (Å²) in [5, 5.41) is 2.81. The van der Waals surface area contributed by atoms with Gasteiger partial charge in [0.1, 0.15) is 0 Å². The van der Waals surface area contributed by atoms with Crippen LogP contribution in [0.3, 0.4) is 0 Å². The van der Waals surface area contributed by atoms with Crippen molar-refractivity contribution in [3.05, 3.63) is 29.8 Å². The molecule has 0 bridgehead atoms. The summed E-state index contributed by atoms with van der Waals surface area (Å²) in [6.45, 7) is 11.8. The Morgan fingerprint density at radius 2 is 1.48 bits per heavy atom. The van der Waals surface area contributed by atoms with Crippen LogP contribution in [-0.4, -0.2) is 49.4 Å². The van der Waals surface area contributed by atoms with Crippen LogP contribution in [0.5, 0.6) is 0 Å². The van der Waals surface area contributed by atoms with E-state index in [0.717, 1.165) is 18.8 Å². The van der Waals surface area contributed by atoms with E-state index in [1.54, 1.807) is 4.90 Å². The van der Waals surface area contributed by atoms with Crippen LogP contribution >= 0.6 is 0 Å². The van der Waals surface area contributed by atoms with Crippen molar-refractivity contribution in [3.8, 4) is 0 Å². The van der Waals surface area contributed by atoms with E-state index < -0.39 is 0 Å². The number of benzene rings is 1. The molecule has 0 aliphatic carbocycles. The second-order valence-corrected chi connectivity index (χ2v) is 5.29. The van der Waals surface area contributed by atoms with Gasteiger partial charge in [0.15, 0.2) is 0 Å². The molecular formula is C18H29N3O2. The maximum absolute atomic E-state index is 12.1. The molecule has 0 unspecified atom stereocenters. The number of rotatable bonds is 9. The van der Waals surface area contributed by atoms with Gasteiger partial charge in [-0.05, 0) is 52.0 Å². The minimum Gasteiger partial charge on any atom is -0.372 e. The molecule has 0 saturated heterocycles. The van der Waals surface area contributed by atoms with E-state index in [1.165, 1.54) is 0 Å². The van der Waals surface area contributed by atoms with Crippen molar-refractivity contribution in [2.45, 2.75) is 34.1 Å². The van der Waals surface area contributed by atoms with E-state index in [2.05, 4.69) is 24.1 Å². The Hall–Kier alpha value is -2.04. The van der Waals surface area contributed by atoms with Crippen molar-refractivity contribution in [3.63, 3.8) is 0 Å². The topological polar surface area (TPSA) is 52.7 Å². The molecule has 1 rings (SSSR count). The van der Waals surface area contributed by atoms with Gasteiger partial charge in [0, 0.05) is 50.4 Å². The number of hydrogen-bond donors (Lipinski definition) is 1. The van der Waals surface area contributed by atoms with Gasteiger partial charge in [-0.25, -0.2) is 0 Å². The third-order valence-electron chi connectivity index (χ3n) is 4.00. The Kier molecular flexibility index (Phi) is 8.16. The number of carbonyl (C=O) groups excluding carboxylic acids is 2. The first-order valence-corrected chi connectivity index (χ1v) is 8.48. The molecule has 23 heavy (non-hydrogen) atoms. The molecule has 1 aromatic rings. The van der Waals surface area contributed by atoms with E-state index in [1.807, 2.05) is 38.1 Å². The van der Waals surface area contributed by atoms with Gasteiger partial charge in [0.2, 0.25) is 5.91 Å². The third-order valence-corrected chi connectivity index (χ3v) is 4.00. The first-order valence-electron chi connectivity index (χ1n) is 8.48. The second-order valence-electron chi connectivity index (χ2n) is 5.29. The summed E-state index contributed by atoms with van der Waals surface area (Å²) in [7, 11) is 0. The predicted molar refractivity (Wildman–Crippen MR) is 94.9 cm³/mol. The minimum absolute atomic E-state index is 0.0761. The zero-order valence-corrected chi connectivity index (χ0v) is 14.8. The fourth-order valence-corrected chi connectivity index (χ4v) is 2.53. The molecule has 0 aliphatic heterocycles. The van der Waals surface area contributed by atoms with Crippen LogP contribution in [0.25, 0.3) is 0 Å². The summed E-state index contributed by atoms with van der Waals surface area (Å²) in [6.07, 6.45) is 0.338. The number of amides is 2. The maximum atomic E-state index is 12.1. The molecule has 2 amide bonds. The van der Waals surface area contributed by atoms with Crippen LogP contribution in [-0.2, 0) is 4.79 Å². The van der Waals surface area contributed by atoms with Gasteiger partial charge in [0.25, 0.3) is 5.91 Å². The Bertz CT molecular complexity index is 491. The molecule has 0 heterocycles. The van der Waals surface area contributed by atoms with Crippen LogP contribution < -0.4 is 10.2 Å². The van der Waals surface area contributed by atoms with E-state index in [4.69, 9.17) is 0 Å². The van der Waals surface area contributed by atoms with Gasteiger partial charge in [-0.1, -0.05) is 0 Å². The fraction of sp³-hybridized carbons (Fsp3) is 0.556. The largest absolute Gasteiger partial charge is 0.372 e. The molecule has 5 heteroatoms. The molecule has 0 saturated carbocycles. The first-order chi connectivity index (χ1) is 11.1. The summed E-state index contributed by atoms with van der Waals surface area (Å²) < 4.78 is 0. The highest BCUT2D eigenvalue weighted by molar-refractivity contribution is 5.94. The van der Waals surface area contributed by atoms with Gasteiger partial charge in [-0.15, -0.1) is 0 Å². The highest BCUT2D eigenvalue weighted by Crippen LogP contribution is 2.14. The second kappa shape index (κ2) is 9.87. The van der Waals surface area contributed by atoms with Gasteiger partial charge in [0.05, 0.1) is 0 Å². The Morgan fingerprint density at radius 3 is 1.96 bits per heavy atom. The molecule has 1 aromatic carbocycles. The molecule has 0 spiro atoms. The quantitative estimate of drug-likeness (QED) is 0.761. The highest BCUT2D eigenvalue weighted by atomic mass is 16.2. The monoisotopic (exact) mass is 319 g/mol. The summed E-state index contributed by atoms with van der Waals surface area (Å²) in [4.78, 5) is 28.0. The minimum atomic E-state index is -0.136. The standard InChI is InChI=1S/C18H29N3O2/c1-5-20(6-2)16-11-9-15(10-12-16)18(23)19-14-13-17(22)21(7-3)8-4/h9-12H,5-8,13-14H2,1-4H3,(H,19,23). The Labute approximate surface area is 139 Å². The Balaban J connectivity index is 2.51. The molecule has 0 fully saturated rings. The van der Waals surface area contributed by atoms with Crippen molar-refractivity contribution in [1.29, 1.82) is 0 Å². The summed E-state index contributed by atoms with van der Waals surface area (Å²) in [5.41, 5.74) is 1.74. The van der Waals surface area contributed by atoms with E-state index in [0.29, 0.717) is 31.6 Å². The molecule has 128 valence electrons. The normalized spacial score (nSPS) is 10.3. The predicted octanol–water partition coefficient (Wildman–Crippen LogP) is 2.52. The van der Waals surface area contributed by atoms with Crippen LogP contribution in [0, 0.1) is 0 Å². The number of carbonyl (C=O) groups is 2. The lowest BCUT2D eigenvalue weighted by Gasteiger charge is -2.21. The van der Waals surface area contributed by atoms with Gasteiger partial charge in [-0.3, -0.25) is 9.59 Å². The molecule has 0 atom stereocenters. The lowest BCUT2D eigenvalue weighted by Crippen LogP contribution is -2.34. The third kappa shape index (κ3) is 5.58. The van der Waals surface area contributed by atoms with Crippen LogP contribution in [0.4, 0.5) is 5.69 Å². The number of nitrogens with zero attached hydrogens (tertiary/aromatic N) is 2. The van der Waals surface area contributed by atoms with Crippen molar-refractivity contribution in [2.24, 2.45) is 0 Å². The lowest BCUT2D eigenvalue weighted by atomic mass is 10.1. The van der Waals surface area contributed by atoms with Gasteiger partial charge < -0.3 is 15.1 Å². The van der Waals surface area contributed by atoms with Crippen molar-refractivity contribution in [2.75, 3.05) is 37.6 Å². The molecule has 5 nitrogen and oxygen atoms in total. The molecular weight excluding hydrogens is 290 g/mol. The average Bonchev–Trinajstić information content (AvgIpc) is 2.57. The Morgan fingerprint density at radius 1 is 0.913 bits per heavy atom. The van der Waals surface area contributed by atoms with Gasteiger partial charge in [-0.2, -0.15) is 0 Å². The zero-order valence-electron chi connectivity index (χ0n) is 14.8. The average molecular weight is 319 g/mol. The summed E-state index contributed by atoms with van der Waals surface area (Å²) >= 11 is 0.